The first kappa shape index (κ1) is 19.5. The Morgan fingerprint density at radius 3 is 2.68 bits per heavy atom. The van der Waals surface area contributed by atoms with Crippen molar-refractivity contribution in [2.24, 2.45) is 0 Å². The molecule has 2 aromatic rings. The van der Waals surface area contributed by atoms with Crippen LogP contribution >= 0.6 is 0 Å². The number of aromatic nitrogens is 2. The monoisotopic (exact) mass is 381 g/mol. The van der Waals surface area contributed by atoms with Crippen LogP contribution < -0.4 is 16.0 Å². The van der Waals surface area contributed by atoms with Gasteiger partial charge in [0.1, 0.15) is 17.8 Å². The molecule has 1 aromatic carbocycles. The molecule has 0 saturated carbocycles. The minimum absolute atomic E-state index is 0.00903. The molecule has 1 saturated heterocycles. The SMILES string of the molecule is CC1C[C@H](NC(=O)[C@H](CCc2ccccc2)NC(=O)c2cnccn2)C(=O)N1. The molecule has 3 N–H and O–H groups in total. The molecule has 1 aliphatic rings. The highest BCUT2D eigenvalue weighted by molar-refractivity contribution is 5.97. The molecule has 28 heavy (non-hydrogen) atoms. The van der Waals surface area contributed by atoms with Crippen LogP contribution in [0.3, 0.4) is 0 Å². The molecule has 1 fully saturated rings. The highest BCUT2D eigenvalue weighted by atomic mass is 16.2. The Labute approximate surface area is 163 Å². The topological polar surface area (TPSA) is 113 Å². The van der Waals surface area contributed by atoms with E-state index in [0.29, 0.717) is 19.3 Å². The summed E-state index contributed by atoms with van der Waals surface area (Å²) >= 11 is 0. The van der Waals surface area contributed by atoms with Crippen molar-refractivity contribution in [2.45, 2.75) is 44.3 Å². The van der Waals surface area contributed by atoms with Gasteiger partial charge in [0.15, 0.2) is 0 Å². The fraction of sp³-hybridized carbons (Fsp3) is 0.350. The molecular weight excluding hydrogens is 358 g/mol. The highest BCUT2D eigenvalue weighted by Crippen LogP contribution is 2.10. The van der Waals surface area contributed by atoms with Crippen LogP contribution in [0.2, 0.25) is 0 Å². The number of rotatable bonds is 7. The molecule has 0 spiro atoms. The van der Waals surface area contributed by atoms with Crippen LogP contribution in [0.1, 0.15) is 35.8 Å². The molecular formula is C20H23N5O3. The van der Waals surface area contributed by atoms with E-state index in [1.54, 1.807) is 0 Å². The summed E-state index contributed by atoms with van der Waals surface area (Å²) in [5, 5.41) is 8.24. The maximum atomic E-state index is 12.8. The lowest BCUT2D eigenvalue weighted by Gasteiger charge is -2.20. The molecule has 0 bridgehead atoms. The second-order valence-corrected chi connectivity index (χ2v) is 6.85. The standard InChI is InChI=1S/C20H23N5O3/c1-13-11-16(19(27)23-13)25-18(26)15(8-7-14-5-3-2-4-6-14)24-20(28)17-12-21-9-10-22-17/h2-6,9-10,12-13,15-16H,7-8,11H2,1H3,(H,23,27)(H,24,28)(H,25,26)/t13?,15-,16-/m0/s1. The van der Waals surface area contributed by atoms with Crippen LogP contribution in [0.4, 0.5) is 0 Å². The van der Waals surface area contributed by atoms with Gasteiger partial charge in [0.05, 0.1) is 6.20 Å². The summed E-state index contributed by atoms with van der Waals surface area (Å²) < 4.78 is 0. The smallest absolute Gasteiger partial charge is 0.272 e. The van der Waals surface area contributed by atoms with E-state index >= 15 is 0 Å². The number of hydrogen-bond donors (Lipinski definition) is 3. The normalized spacial score (nSPS) is 19.5. The predicted molar refractivity (Wildman–Crippen MR) is 102 cm³/mol. The van der Waals surface area contributed by atoms with Gasteiger partial charge in [-0.3, -0.25) is 19.4 Å². The van der Waals surface area contributed by atoms with E-state index in [1.807, 2.05) is 37.3 Å². The first-order valence-corrected chi connectivity index (χ1v) is 9.24. The number of benzene rings is 1. The van der Waals surface area contributed by atoms with E-state index < -0.39 is 18.0 Å². The van der Waals surface area contributed by atoms with Crippen molar-refractivity contribution in [2.75, 3.05) is 0 Å². The van der Waals surface area contributed by atoms with E-state index in [4.69, 9.17) is 0 Å². The van der Waals surface area contributed by atoms with Crippen molar-refractivity contribution >= 4 is 17.7 Å². The number of carbonyl (C=O) groups is 3. The zero-order valence-corrected chi connectivity index (χ0v) is 15.6. The van der Waals surface area contributed by atoms with E-state index in [-0.39, 0.29) is 23.6 Å². The molecule has 0 radical (unpaired) electrons. The minimum atomic E-state index is -0.793. The van der Waals surface area contributed by atoms with Crippen LogP contribution in [-0.4, -0.2) is 45.8 Å². The Bertz CT molecular complexity index is 828. The molecule has 1 aromatic heterocycles. The summed E-state index contributed by atoms with van der Waals surface area (Å²) in [7, 11) is 0. The summed E-state index contributed by atoms with van der Waals surface area (Å²) in [5.74, 6) is -1.07. The first-order valence-electron chi connectivity index (χ1n) is 9.24. The van der Waals surface area contributed by atoms with E-state index in [1.165, 1.54) is 18.6 Å². The van der Waals surface area contributed by atoms with Crippen LogP contribution in [-0.2, 0) is 16.0 Å². The Kier molecular flexibility index (Phi) is 6.31. The zero-order chi connectivity index (χ0) is 19.9. The molecule has 8 heteroatoms. The molecule has 8 nitrogen and oxygen atoms in total. The van der Waals surface area contributed by atoms with Crippen LogP contribution in [0, 0.1) is 0 Å². The molecule has 2 heterocycles. The Morgan fingerprint density at radius 2 is 2.04 bits per heavy atom. The Balaban J connectivity index is 1.68. The predicted octanol–water partition coefficient (Wildman–Crippen LogP) is 0.601. The molecule has 3 amide bonds. The molecule has 0 aliphatic carbocycles. The number of amides is 3. The van der Waals surface area contributed by atoms with Crippen molar-refractivity contribution in [3.05, 3.63) is 60.2 Å². The van der Waals surface area contributed by atoms with Gasteiger partial charge in [0.25, 0.3) is 5.91 Å². The van der Waals surface area contributed by atoms with Crippen LogP contribution in [0.25, 0.3) is 0 Å². The first-order chi connectivity index (χ1) is 13.5. The Hall–Kier alpha value is -3.29. The minimum Gasteiger partial charge on any atom is -0.352 e. The summed E-state index contributed by atoms with van der Waals surface area (Å²) in [5.41, 5.74) is 1.19. The molecule has 1 unspecified atom stereocenters. The van der Waals surface area contributed by atoms with E-state index in [9.17, 15) is 14.4 Å². The van der Waals surface area contributed by atoms with Crippen molar-refractivity contribution in [3.63, 3.8) is 0 Å². The third-order valence-corrected chi connectivity index (χ3v) is 4.59. The lowest BCUT2D eigenvalue weighted by molar-refractivity contribution is -0.128. The van der Waals surface area contributed by atoms with Gasteiger partial charge in [-0.15, -0.1) is 0 Å². The lowest BCUT2D eigenvalue weighted by Crippen LogP contribution is -2.51. The average Bonchev–Trinajstić information content (AvgIpc) is 3.03. The number of hydrogen-bond acceptors (Lipinski definition) is 5. The number of carbonyl (C=O) groups excluding carboxylic acids is 3. The largest absolute Gasteiger partial charge is 0.352 e. The average molecular weight is 381 g/mol. The van der Waals surface area contributed by atoms with Gasteiger partial charge >= 0.3 is 0 Å². The zero-order valence-electron chi connectivity index (χ0n) is 15.6. The van der Waals surface area contributed by atoms with Crippen molar-refractivity contribution < 1.29 is 14.4 Å². The van der Waals surface area contributed by atoms with Gasteiger partial charge in [-0.25, -0.2) is 4.98 Å². The summed E-state index contributed by atoms with van der Waals surface area (Å²) in [6.45, 7) is 1.88. The number of nitrogens with one attached hydrogen (secondary N) is 3. The van der Waals surface area contributed by atoms with Crippen molar-refractivity contribution in [3.8, 4) is 0 Å². The van der Waals surface area contributed by atoms with Gasteiger partial charge in [-0.1, -0.05) is 30.3 Å². The van der Waals surface area contributed by atoms with Crippen LogP contribution in [0.5, 0.6) is 0 Å². The van der Waals surface area contributed by atoms with E-state index in [2.05, 4.69) is 25.9 Å². The van der Waals surface area contributed by atoms with Crippen molar-refractivity contribution in [1.82, 2.24) is 25.9 Å². The van der Waals surface area contributed by atoms with Gasteiger partial charge < -0.3 is 16.0 Å². The molecule has 146 valence electrons. The lowest BCUT2D eigenvalue weighted by atomic mass is 10.0. The summed E-state index contributed by atoms with van der Waals surface area (Å²) in [4.78, 5) is 45.0. The fourth-order valence-electron chi connectivity index (χ4n) is 3.13. The molecule has 3 rings (SSSR count). The van der Waals surface area contributed by atoms with E-state index in [0.717, 1.165) is 5.56 Å². The summed E-state index contributed by atoms with van der Waals surface area (Å²) in [6.07, 6.45) is 5.74. The highest BCUT2D eigenvalue weighted by Gasteiger charge is 2.32. The molecule has 1 aliphatic heterocycles. The number of aryl methyl sites for hydroxylation is 1. The fourth-order valence-corrected chi connectivity index (χ4v) is 3.13. The molecule has 3 atom stereocenters. The Morgan fingerprint density at radius 1 is 1.25 bits per heavy atom. The van der Waals surface area contributed by atoms with Gasteiger partial charge in [-0.2, -0.15) is 0 Å². The second kappa shape index (κ2) is 9.07. The number of nitrogens with zero attached hydrogens (tertiary/aromatic N) is 2. The second-order valence-electron chi connectivity index (χ2n) is 6.85. The quantitative estimate of drug-likeness (QED) is 0.650. The van der Waals surface area contributed by atoms with Crippen molar-refractivity contribution in [1.29, 1.82) is 0 Å². The summed E-state index contributed by atoms with van der Waals surface area (Å²) in [6, 6.07) is 8.32. The maximum Gasteiger partial charge on any atom is 0.272 e. The van der Waals surface area contributed by atoms with Crippen LogP contribution in [0.15, 0.2) is 48.9 Å². The van der Waals surface area contributed by atoms with Gasteiger partial charge in [0, 0.05) is 18.4 Å². The van der Waals surface area contributed by atoms with Gasteiger partial charge in [-0.05, 0) is 31.7 Å². The third-order valence-electron chi connectivity index (χ3n) is 4.59. The third kappa shape index (κ3) is 5.12. The van der Waals surface area contributed by atoms with Gasteiger partial charge in [0.2, 0.25) is 11.8 Å². The maximum absolute atomic E-state index is 12.8.